The van der Waals surface area contributed by atoms with Crippen LogP contribution in [0.4, 0.5) is 0 Å². The molecule has 1 aromatic carbocycles. The highest BCUT2D eigenvalue weighted by Crippen LogP contribution is 2.11. The van der Waals surface area contributed by atoms with Crippen molar-refractivity contribution in [2.24, 2.45) is 0 Å². The van der Waals surface area contributed by atoms with Gasteiger partial charge in [0.15, 0.2) is 14.9 Å². The molecular weight excluding hydrogens is 366 g/mol. The lowest BCUT2D eigenvalue weighted by Crippen LogP contribution is -2.46. The van der Waals surface area contributed by atoms with E-state index in [-0.39, 0.29) is 11.8 Å². The molecule has 0 fully saturated rings. The Morgan fingerprint density at radius 3 is 2.27 bits per heavy atom. The van der Waals surface area contributed by atoms with Gasteiger partial charge in [0, 0.05) is 19.1 Å². The minimum atomic E-state index is -3.30. The summed E-state index contributed by atoms with van der Waals surface area (Å²) in [4.78, 5) is 4.69. The first-order valence-electron chi connectivity index (χ1n) is 9.36. The van der Waals surface area contributed by atoms with E-state index in [1.54, 1.807) is 24.3 Å². The average molecular weight is 400 g/mol. The molecule has 5 nitrogen and oxygen atoms in total. The Labute approximate surface area is 164 Å². The molecule has 0 amide bonds. The third-order valence-electron chi connectivity index (χ3n) is 4.41. The maximum Gasteiger partial charge on any atom is 0.180 e. The first kappa shape index (κ1) is 22.9. The maximum atomic E-state index is 12.5. The fourth-order valence-electron chi connectivity index (χ4n) is 2.70. The molecule has 0 saturated heterocycles. The third kappa shape index (κ3) is 7.60. The standard InChI is InChI=1S/C19H33N3O2S2/c1-5-21(6-2)14-10-13-20-19(25)22(17(3)4)15-16-26(23,24)18-11-8-7-9-12-18/h7-9,11-12,17H,5-6,10,13-16H2,1-4H3,(H,20,25). The molecule has 0 saturated carbocycles. The normalized spacial score (nSPS) is 11.8. The molecule has 0 spiro atoms. The van der Waals surface area contributed by atoms with Crippen molar-refractivity contribution in [3.63, 3.8) is 0 Å². The van der Waals surface area contributed by atoms with E-state index in [2.05, 4.69) is 24.1 Å². The lowest BCUT2D eigenvalue weighted by molar-refractivity contribution is 0.298. The number of sulfone groups is 1. The van der Waals surface area contributed by atoms with Crippen LogP contribution >= 0.6 is 12.2 Å². The highest BCUT2D eigenvalue weighted by molar-refractivity contribution is 7.91. The van der Waals surface area contributed by atoms with E-state index >= 15 is 0 Å². The van der Waals surface area contributed by atoms with E-state index in [1.807, 2.05) is 24.8 Å². The van der Waals surface area contributed by atoms with Crippen LogP contribution in [0.25, 0.3) is 0 Å². The number of rotatable bonds is 11. The molecule has 7 heteroatoms. The monoisotopic (exact) mass is 399 g/mol. The van der Waals surface area contributed by atoms with Crippen molar-refractivity contribution in [3.8, 4) is 0 Å². The van der Waals surface area contributed by atoms with E-state index in [0.717, 1.165) is 32.6 Å². The number of nitrogens with zero attached hydrogens (tertiary/aromatic N) is 2. The predicted molar refractivity (Wildman–Crippen MR) is 113 cm³/mol. The topological polar surface area (TPSA) is 52.6 Å². The first-order chi connectivity index (χ1) is 12.3. The van der Waals surface area contributed by atoms with Crippen molar-refractivity contribution < 1.29 is 8.42 Å². The minimum absolute atomic E-state index is 0.0520. The zero-order chi connectivity index (χ0) is 19.6. The van der Waals surface area contributed by atoms with Gasteiger partial charge < -0.3 is 15.1 Å². The Hall–Kier alpha value is -1.18. The minimum Gasteiger partial charge on any atom is -0.363 e. The van der Waals surface area contributed by atoms with Gasteiger partial charge in [-0.3, -0.25) is 0 Å². The summed E-state index contributed by atoms with van der Waals surface area (Å²) >= 11 is 5.50. The Balaban J connectivity index is 2.54. The lowest BCUT2D eigenvalue weighted by atomic mass is 10.3. The van der Waals surface area contributed by atoms with Gasteiger partial charge in [0.25, 0.3) is 0 Å². The molecule has 1 aromatic rings. The molecule has 1 rings (SSSR count). The second kappa shape index (κ2) is 11.5. The van der Waals surface area contributed by atoms with E-state index in [1.165, 1.54) is 0 Å². The summed E-state index contributed by atoms with van der Waals surface area (Å²) in [6.45, 7) is 12.7. The number of nitrogens with one attached hydrogen (secondary N) is 1. The molecule has 0 radical (unpaired) electrons. The molecule has 0 heterocycles. The summed E-state index contributed by atoms with van der Waals surface area (Å²) in [6, 6.07) is 8.72. The van der Waals surface area contributed by atoms with Gasteiger partial charge in [-0.05, 0) is 64.3 Å². The number of hydrogen-bond acceptors (Lipinski definition) is 4. The van der Waals surface area contributed by atoms with E-state index in [4.69, 9.17) is 12.2 Å². The van der Waals surface area contributed by atoms with Crippen molar-refractivity contribution in [1.82, 2.24) is 15.1 Å². The second-order valence-corrected chi connectivity index (χ2v) is 9.03. The summed E-state index contributed by atoms with van der Waals surface area (Å²) in [6.07, 6.45) is 1.01. The Bertz CT molecular complexity index is 629. The van der Waals surface area contributed by atoms with Gasteiger partial charge in [-0.1, -0.05) is 32.0 Å². The van der Waals surface area contributed by atoms with Crippen molar-refractivity contribution >= 4 is 27.2 Å². The van der Waals surface area contributed by atoms with Crippen LogP contribution < -0.4 is 5.32 Å². The quantitative estimate of drug-likeness (QED) is 0.456. The van der Waals surface area contributed by atoms with Gasteiger partial charge >= 0.3 is 0 Å². The number of benzene rings is 1. The van der Waals surface area contributed by atoms with Gasteiger partial charge in [-0.2, -0.15) is 0 Å². The fourth-order valence-corrected chi connectivity index (χ4v) is 4.35. The van der Waals surface area contributed by atoms with E-state index < -0.39 is 9.84 Å². The third-order valence-corrected chi connectivity index (χ3v) is 6.50. The molecule has 0 aliphatic carbocycles. The van der Waals surface area contributed by atoms with Crippen LogP contribution in [0.5, 0.6) is 0 Å². The molecule has 26 heavy (non-hydrogen) atoms. The summed E-state index contributed by atoms with van der Waals surface area (Å²) in [7, 11) is -3.30. The Morgan fingerprint density at radius 1 is 1.12 bits per heavy atom. The van der Waals surface area contributed by atoms with Crippen molar-refractivity contribution in [1.29, 1.82) is 0 Å². The molecular formula is C19H33N3O2S2. The lowest BCUT2D eigenvalue weighted by Gasteiger charge is -2.30. The van der Waals surface area contributed by atoms with E-state index in [9.17, 15) is 8.42 Å². The summed E-state index contributed by atoms with van der Waals surface area (Å²) in [5.74, 6) is 0.0520. The van der Waals surface area contributed by atoms with Crippen LogP contribution in [-0.2, 0) is 9.84 Å². The molecule has 0 unspecified atom stereocenters. The van der Waals surface area contributed by atoms with Crippen molar-refractivity contribution in [2.45, 2.75) is 45.1 Å². The highest BCUT2D eigenvalue weighted by Gasteiger charge is 2.19. The zero-order valence-corrected chi connectivity index (χ0v) is 18.1. The molecule has 0 atom stereocenters. The van der Waals surface area contributed by atoms with E-state index in [0.29, 0.717) is 16.6 Å². The first-order valence-corrected chi connectivity index (χ1v) is 11.4. The van der Waals surface area contributed by atoms with Crippen LogP contribution in [0.1, 0.15) is 34.1 Å². The molecule has 1 N–H and O–H groups in total. The Morgan fingerprint density at radius 2 is 1.73 bits per heavy atom. The van der Waals surface area contributed by atoms with Gasteiger partial charge in [-0.25, -0.2) is 8.42 Å². The van der Waals surface area contributed by atoms with Crippen LogP contribution in [0.3, 0.4) is 0 Å². The molecule has 148 valence electrons. The summed E-state index contributed by atoms with van der Waals surface area (Å²) in [5, 5.41) is 3.91. The number of thiocarbonyl (C=S) groups is 1. The summed E-state index contributed by atoms with van der Waals surface area (Å²) in [5.41, 5.74) is 0. The average Bonchev–Trinajstić information content (AvgIpc) is 2.62. The molecule has 0 aliphatic rings. The molecule has 0 aliphatic heterocycles. The highest BCUT2D eigenvalue weighted by atomic mass is 32.2. The van der Waals surface area contributed by atoms with Crippen LogP contribution in [-0.4, -0.2) is 67.8 Å². The second-order valence-electron chi connectivity index (χ2n) is 6.53. The van der Waals surface area contributed by atoms with Crippen LogP contribution in [0, 0.1) is 0 Å². The van der Waals surface area contributed by atoms with Gasteiger partial charge in [-0.15, -0.1) is 0 Å². The predicted octanol–water partition coefficient (Wildman–Crippen LogP) is 2.78. The SMILES string of the molecule is CCN(CC)CCCNC(=S)N(CCS(=O)(=O)c1ccccc1)C(C)C. The van der Waals surface area contributed by atoms with Crippen molar-refractivity contribution in [3.05, 3.63) is 30.3 Å². The molecule has 0 bridgehead atoms. The molecule has 0 aromatic heterocycles. The van der Waals surface area contributed by atoms with Gasteiger partial charge in [0.1, 0.15) is 0 Å². The number of hydrogen-bond donors (Lipinski definition) is 1. The van der Waals surface area contributed by atoms with Crippen molar-refractivity contribution in [2.75, 3.05) is 38.5 Å². The summed E-state index contributed by atoms with van der Waals surface area (Å²) < 4.78 is 25.0. The fraction of sp³-hybridized carbons (Fsp3) is 0.632. The largest absolute Gasteiger partial charge is 0.363 e. The van der Waals surface area contributed by atoms with Gasteiger partial charge in [0.2, 0.25) is 0 Å². The zero-order valence-electron chi connectivity index (χ0n) is 16.4. The van der Waals surface area contributed by atoms with Crippen LogP contribution in [0.15, 0.2) is 35.2 Å². The van der Waals surface area contributed by atoms with Gasteiger partial charge in [0.05, 0.1) is 10.6 Å². The smallest absolute Gasteiger partial charge is 0.180 e. The Kier molecular flexibility index (Phi) is 10.1. The maximum absolute atomic E-state index is 12.5. The van der Waals surface area contributed by atoms with Crippen LogP contribution in [0.2, 0.25) is 0 Å².